The van der Waals surface area contributed by atoms with Crippen molar-refractivity contribution in [1.29, 1.82) is 0 Å². The lowest BCUT2D eigenvalue weighted by Gasteiger charge is -2.32. The summed E-state index contributed by atoms with van der Waals surface area (Å²) in [5, 5.41) is 3.15. The third-order valence-corrected chi connectivity index (χ3v) is 8.21. The van der Waals surface area contributed by atoms with Crippen LogP contribution in [0.4, 0.5) is 10.1 Å². The lowest BCUT2D eigenvalue weighted by atomic mass is 9.90. The summed E-state index contributed by atoms with van der Waals surface area (Å²) in [7, 11) is 0. The van der Waals surface area contributed by atoms with Crippen molar-refractivity contribution >= 4 is 22.6 Å². The first-order valence-corrected chi connectivity index (χ1v) is 14.4. The van der Waals surface area contributed by atoms with E-state index in [1.807, 2.05) is 41.8 Å². The molecule has 0 unspecified atom stereocenters. The second kappa shape index (κ2) is 12.1. The fourth-order valence-corrected chi connectivity index (χ4v) is 5.95. The number of nitrogens with one attached hydrogen (secondary N) is 1. The molecule has 0 aliphatic carbocycles. The Hall–Kier alpha value is -4.29. The van der Waals surface area contributed by atoms with Crippen LogP contribution in [0.25, 0.3) is 16.7 Å². The van der Waals surface area contributed by atoms with Crippen LogP contribution in [0.5, 0.6) is 0 Å². The number of likely N-dealkylation sites (tertiary alicyclic amines) is 1. The molecule has 5 nitrogen and oxygen atoms in total. The van der Waals surface area contributed by atoms with E-state index in [0.29, 0.717) is 5.56 Å². The maximum absolute atomic E-state index is 13.5. The second-order valence-electron chi connectivity index (χ2n) is 11.0. The van der Waals surface area contributed by atoms with E-state index in [9.17, 15) is 9.18 Å². The topological polar surface area (TPSA) is 50.2 Å². The Morgan fingerprint density at radius 1 is 0.927 bits per heavy atom. The molecule has 41 heavy (non-hydrogen) atoms. The van der Waals surface area contributed by atoms with Crippen LogP contribution in [0.2, 0.25) is 0 Å². The van der Waals surface area contributed by atoms with E-state index in [0.717, 1.165) is 65.8 Å². The van der Waals surface area contributed by atoms with Gasteiger partial charge in [-0.25, -0.2) is 9.37 Å². The van der Waals surface area contributed by atoms with Gasteiger partial charge in [0.05, 0.1) is 11.0 Å². The van der Waals surface area contributed by atoms with Gasteiger partial charge in [-0.1, -0.05) is 48.5 Å². The number of carbonyl (C=O) groups is 1. The van der Waals surface area contributed by atoms with Gasteiger partial charge in [0.25, 0.3) is 5.91 Å². The van der Waals surface area contributed by atoms with Gasteiger partial charge >= 0.3 is 0 Å². The smallest absolute Gasteiger partial charge is 0.255 e. The van der Waals surface area contributed by atoms with E-state index in [1.54, 1.807) is 18.2 Å². The first-order valence-electron chi connectivity index (χ1n) is 14.4. The van der Waals surface area contributed by atoms with E-state index >= 15 is 0 Å². The average Bonchev–Trinajstić information content (AvgIpc) is 3.33. The van der Waals surface area contributed by atoms with Crippen LogP contribution in [-0.4, -0.2) is 40.0 Å². The molecule has 4 aromatic carbocycles. The number of aromatic nitrogens is 2. The van der Waals surface area contributed by atoms with Crippen LogP contribution in [0.1, 0.15) is 40.2 Å². The quantitative estimate of drug-likeness (QED) is 0.224. The van der Waals surface area contributed by atoms with Gasteiger partial charge in [0.15, 0.2) is 0 Å². The van der Waals surface area contributed by atoms with Gasteiger partial charge in [0.2, 0.25) is 0 Å². The minimum absolute atomic E-state index is 0.161. The monoisotopic (exact) mass is 546 g/mol. The number of hydrogen-bond acceptors (Lipinski definition) is 3. The standard InChI is InChI=1S/C35H35FN4O/c1-25-37-33-16-11-29(24-34(33)40(25)31-14-12-30(36)13-15-31)35(41)38-32-10-6-5-9-28(32)19-22-39-20-17-27(18-21-39)23-26-7-3-2-4-8-26/h2-16,24,27H,17-23H2,1H3,(H,38,41). The Morgan fingerprint density at radius 3 is 2.44 bits per heavy atom. The van der Waals surface area contributed by atoms with Crippen LogP contribution in [0.15, 0.2) is 97.1 Å². The van der Waals surface area contributed by atoms with Gasteiger partial charge in [-0.2, -0.15) is 0 Å². The number of benzene rings is 4. The van der Waals surface area contributed by atoms with Crippen molar-refractivity contribution in [3.63, 3.8) is 0 Å². The summed E-state index contributed by atoms with van der Waals surface area (Å²) in [6, 6.07) is 30.7. The van der Waals surface area contributed by atoms with Crippen molar-refractivity contribution in [2.75, 3.05) is 25.0 Å². The Morgan fingerprint density at radius 2 is 1.66 bits per heavy atom. The van der Waals surface area contributed by atoms with Crippen LogP contribution in [0, 0.1) is 18.7 Å². The maximum atomic E-state index is 13.5. The fourth-order valence-electron chi connectivity index (χ4n) is 5.95. The van der Waals surface area contributed by atoms with Crippen molar-refractivity contribution in [1.82, 2.24) is 14.5 Å². The average molecular weight is 547 g/mol. The van der Waals surface area contributed by atoms with Gasteiger partial charge in [0, 0.05) is 23.5 Å². The number of para-hydroxylation sites is 1. The zero-order valence-electron chi connectivity index (χ0n) is 23.4. The van der Waals surface area contributed by atoms with E-state index in [4.69, 9.17) is 0 Å². The molecule has 6 heteroatoms. The summed E-state index contributed by atoms with van der Waals surface area (Å²) >= 11 is 0. The molecule has 1 amide bonds. The molecule has 1 saturated heterocycles. The first-order chi connectivity index (χ1) is 20.0. The summed E-state index contributed by atoms with van der Waals surface area (Å²) < 4.78 is 15.5. The Kier molecular flexibility index (Phi) is 7.92. The third kappa shape index (κ3) is 6.23. The van der Waals surface area contributed by atoms with Crippen molar-refractivity contribution in [2.45, 2.75) is 32.6 Å². The second-order valence-corrected chi connectivity index (χ2v) is 11.0. The summed E-state index contributed by atoms with van der Waals surface area (Å²) in [6.07, 6.45) is 4.50. The molecular weight excluding hydrogens is 511 g/mol. The number of anilines is 1. The van der Waals surface area contributed by atoms with E-state index in [2.05, 4.69) is 51.6 Å². The van der Waals surface area contributed by atoms with Crippen LogP contribution in [-0.2, 0) is 12.8 Å². The molecule has 5 aromatic rings. The molecule has 0 radical (unpaired) electrons. The van der Waals surface area contributed by atoms with E-state index in [-0.39, 0.29) is 11.7 Å². The molecule has 1 N–H and O–H groups in total. The van der Waals surface area contributed by atoms with Crippen LogP contribution in [0.3, 0.4) is 0 Å². The van der Waals surface area contributed by atoms with Gasteiger partial charge in [-0.15, -0.1) is 0 Å². The van der Waals surface area contributed by atoms with E-state index in [1.165, 1.54) is 37.0 Å². The number of carbonyl (C=O) groups excluding carboxylic acids is 1. The minimum Gasteiger partial charge on any atom is -0.322 e. The number of nitrogens with zero attached hydrogens (tertiary/aromatic N) is 3. The number of halogens is 1. The fraction of sp³-hybridized carbons (Fsp3) is 0.257. The summed E-state index contributed by atoms with van der Waals surface area (Å²) in [6.45, 7) is 5.12. The molecule has 1 aliphatic rings. The number of imidazole rings is 1. The molecule has 208 valence electrons. The number of rotatable bonds is 8. The Bertz CT molecular complexity index is 1640. The number of hydrogen-bond donors (Lipinski definition) is 1. The lowest BCUT2D eigenvalue weighted by molar-refractivity contribution is 0.102. The normalized spacial score (nSPS) is 14.4. The third-order valence-electron chi connectivity index (χ3n) is 8.21. The highest BCUT2D eigenvalue weighted by molar-refractivity contribution is 6.06. The van der Waals surface area contributed by atoms with Crippen LogP contribution >= 0.6 is 0 Å². The molecular formula is C35H35FN4O. The molecule has 0 atom stereocenters. The van der Waals surface area contributed by atoms with E-state index < -0.39 is 0 Å². The predicted molar refractivity (Wildman–Crippen MR) is 163 cm³/mol. The first kappa shape index (κ1) is 26.9. The minimum atomic E-state index is -0.290. The highest BCUT2D eigenvalue weighted by Crippen LogP contribution is 2.25. The van der Waals surface area contributed by atoms with Gasteiger partial charge in [-0.3, -0.25) is 9.36 Å². The highest BCUT2D eigenvalue weighted by atomic mass is 19.1. The lowest BCUT2D eigenvalue weighted by Crippen LogP contribution is -2.35. The van der Waals surface area contributed by atoms with Crippen molar-refractivity contribution in [2.24, 2.45) is 5.92 Å². The summed E-state index contributed by atoms with van der Waals surface area (Å²) in [4.78, 5) is 20.6. The predicted octanol–water partition coefficient (Wildman–Crippen LogP) is 7.22. The number of amides is 1. The van der Waals surface area contributed by atoms with Gasteiger partial charge in [0.1, 0.15) is 11.6 Å². The zero-order valence-corrected chi connectivity index (χ0v) is 23.4. The SMILES string of the molecule is Cc1nc2ccc(C(=O)Nc3ccccc3CCN3CCC(Cc4ccccc4)CC3)cc2n1-c1ccc(F)cc1. The number of fused-ring (bicyclic) bond motifs is 1. The number of piperidine rings is 1. The molecule has 0 saturated carbocycles. The van der Waals surface area contributed by atoms with Gasteiger partial charge in [-0.05, 0) is 111 Å². The molecule has 0 spiro atoms. The van der Waals surface area contributed by atoms with Crippen LogP contribution < -0.4 is 5.32 Å². The summed E-state index contributed by atoms with van der Waals surface area (Å²) in [5.74, 6) is 1.08. The highest BCUT2D eigenvalue weighted by Gasteiger charge is 2.20. The van der Waals surface area contributed by atoms with Crippen molar-refractivity contribution in [3.05, 3.63) is 125 Å². The molecule has 1 fully saturated rings. The maximum Gasteiger partial charge on any atom is 0.255 e. The zero-order chi connectivity index (χ0) is 28.2. The largest absolute Gasteiger partial charge is 0.322 e. The molecule has 0 bridgehead atoms. The Labute approximate surface area is 240 Å². The molecule has 1 aliphatic heterocycles. The van der Waals surface area contributed by atoms with Crippen molar-refractivity contribution in [3.8, 4) is 5.69 Å². The Balaban J connectivity index is 1.11. The van der Waals surface area contributed by atoms with Crippen molar-refractivity contribution < 1.29 is 9.18 Å². The molecule has 2 heterocycles. The molecule has 6 rings (SSSR count). The number of aryl methyl sites for hydroxylation is 1. The summed E-state index contributed by atoms with van der Waals surface area (Å²) in [5.41, 5.74) is 6.38. The van der Waals surface area contributed by atoms with Gasteiger partial charge < -0.3 is 10.2 Å². The molecule has 1 aromatic heterocycles.